The number of hydrogen-bond acceptors (Lipinski definition) is 7. The smallest absolute Gasteiger partial charge is 0.224 e. The van der Waals surface area contributed by atoms with Gasteiger partial charge in [0.25, 0.3) is 0 Å². The monoisotopic (exact) mass is 538 g/mol. The highest BCUT2D eigenvalue weighted by atomic mass is 19.1. The molecule has 40 heavy (non-hydrogen) atoms. The number of aromatic nitrogens is 5. The zero-order valence-electron chi connectivity index (χ0n) is 21.5. The number of imidazole rings is 1. The SMILES string of the molecule is CCCCC(=O)Nc1cncc(-c2cnc3c(c2F)C(c2nc4c(-c5ccc(F)cc5)nccc4[nH]2)=NNC3)c1. The number of nitrogens with one attached hydrogen (secondary N) is 3. The molecule has 4 aromatic heterocycles. The van der Waals surface area contributed by atoms with Gasteiger partial charge in [0.05, 0.1) is 40.9 Å². The van der Waals surface area contributed by atoms with Gasteiger partial charge in [0.1, 0.15) is 22.9 Å². The van der Waals surface area contributed by atoms with Crippen molar-refractivity contribution in [1.29, 1.82) is 0 Å². The lowest BCUT2D eigenvalue weighted by molar-refractivity contribution is -0.116. The maximum atomic E-state index is 16.2. The number of unbranched alkanes of at least 4 members (excludes halogenated alkanes) is 1. The summed E-state index contributed by atoms with van der Waals surface area (Å²) in [6.45, 7) is 2.26. The van der Waals surface area contributed by atoms with Gasteiger partial charge in [-0.2, -0.15) is 5.10 Å². The van der Waals surface area contributed by atoms with Gasteiger partial charge >= 0.3 is 0 Å². The van der Waals surface area contributed by atoms with Gasteiger partial charge in [-0.3, -0.25) is 19.7 Å². The molecule has 6 rings (SSSR count). The summed E-state index contributed by atoms with van der Waals surface area (Å²) in [5, 5.41) is 7.20. The second-order valence-electron chi connectivity index (χ2n) is 9.36. The summed E-state index contributed by atoms with van der Waals surface area (Å²) in [6.07, 6.45) is 8.21. The van der Waals surface area contributed by atoms with E-state index in [2.05, 4.69) is 35.8 Å². The molecule has 0 unspecified atom stereocenters. The lowest BCUT2D eigenvalue weighted by Crippen LogP contribution is -2.25. The highest BCUT2D eigenvalue weighted by molar-refractivity contribution is 6.14. The number of H-pyrrole nitrogens is 1. The number of nitrogens with zero attached hydrogens (tertiary/aromatic N) is 5. The third-order valence-corrected chi connectivity index (χ3v) is 6.60. The van der Waals surface area contributed by atoms with Crippen LogP contribution in [0.3, 0.4) is 0 Å². The summed E-state index contributed by atoms with van der Waals surface area (Å²) < 4.78 is 29.7. The number of hydrogen-bond donors (Lipinski definition) is 3. The van der Waals surface area contributed by atoms with Crippen molar-refractivity contribution in [3.05, 3.63) is 89.9 Å². The number of hydrazone groups is 1. The molecule has 5 aromatic rings. The lowest BCUT2D eigenvalue weighted by atomic mass is 9.99. The van der Waals surface area contributed by atoms with Crippen LogP contribution in [0, 0.1) is 11.6 Å². The van der Waals surface area contributed by atoms with E-state index in [-0.39, 0.29) is 35.1 Å². The molecule has 0 spiro atoms. The third kappa shape index (κ3) is 4.77. The van der Waals surface area contributed by atoms with E-state index in [0.29, 0.717) is 51.5 Å². The maximum Gasteiger partial charge on any atom is 0.224 e. The molecule has 1 aliphatic heterocycles. The van der Waals surface area contributed by atoms with Crippen LogP contribution in [0.4, 0.5) is 14.5 Å². The van der Waals surface area contributed by atoms with E-state index >= 15 is 4.39 Å². The molecule has 11 heteroatoms. The minimum atomic E-state index is -0.529. The Kier molecular flexibility index (Phi) is 6.69. The summed E-state index contributed by atoms with van der Waals surface area (Å²) in [5.41, 5.74) is 7.46. The Hall–Kier alpha value is -5.06. The molecule has 1 amide bonds. The Morgan fingerprint density at radius 2 is 1.90 bits per heavy atom. The van der Waals surface area contributed by atoms with Crippen molar-refractivity contribution in [1.82, 2.24) is 30.3 Å². The minimum Gasteiger partial charge on any atom is -0.336 e. The summed E-state index contributed by atoms with van der Waals surface area (Å²) in [5.74, 6) is -0.674. The molecule has 1 aliphatic rings. The first-order chi connectivity index (χ1) is 19.5. The summed E-state index contributed by atoms with van der Waals surface area (Å²) in [6, 6.07) is 9.40. The second-order valence-corrected chi connectivity index (χ2v) is 9.36. The Labute approximate surface area is 227 Å². The molecule has 1 aromatic carbocycles. The molecular weight excluding hydrogens is 514 g/mol. The first kappa shape index (κ1) is 25.2. The molecule has 0 radical (unpaired) electrons. The van der Waals surface area contributed by atoms with Crippen molar-refractivity contribution in [3.8, 4) is 22.4 Å². The van der Waals surface area contributed by atoms with Crippen LogP contribution >= 0.6 is 0 Å². The van der Waals surface area contributed by atoms with Gasteiger partial charge in [-0.1, -0.05) is 13.3 Å². The van der Waals surface area contributed by atoms with Crippen molar-refractivity contribution in [2.24, 2.45) is 5.10 Å². The van der Waals surface area contributed by atoms with Gasteiger partial charge in [-0.05, 0) is 42.8 Å². The second kappa shape index (κ2) is 10.6. The summed E-state index contributed by atoms with van der Waals surface area (Å²) in [7, 11) is 0. The zero-order chi connectivity index (χ0) is 27.6. The van der Waals surface area contributed by atoms with Crippen molar-refractivity contribution in [3.63, 3.8) is 0 Å². The number of carbonyl (C=O) groups is 1. The molecule has 0 fully saturated rings. The Morgan fingerprint density at radius 1 is 1.05 bits per heavy atom. The van der Waals surface area contributed by atoms with Gasteiger partial charge in [-0.25, -0.2) is 13.8 Å². The fraction of sp³-hybridized carbons (Fsp3) is 0.172. The predicted molar refractivity (Wildman–Crippen MR) is 147 cm³/mol. The average molecular weight is 539 g/mol. The largest absolute Gasteiger partial charge is 0.336 e. The van der Waals surface area contributed by atoms with Gasteiger partial charge in [0, 0.05) is 41.7 Å². The summed E-state index contributed by atoms with van der Waals surface area (Å²) >= 11 is 0. The topological polar surface area (TPSA) is 121 Å². The summed E-state index contributed by atoms with van der Waals surface area (Å²) in [4.78, 5) is 33.3. The number of benzene rings is 1. The number of fused-ring (bicyclic) bond motifs is 2. The van der Waals surface area contributed by atoms with Crippen LogP contribution in [0.2, 0.25) is 0 Å². The van der Waals surface area contributed by atoms with Crippen molar-refractivity contribution >= 4 is 28.3 Å². The Bertz CT molecular complexity index is 1760. The number of anilines is 1. The van der Waals surface area contributed by atoms with Crippen LogP contribution < -0.4 is 10.7 Å². The standard InChI is InChI=1S/C29H24F2N8O/c1-2-3-4-23(40)36-19-11-17(12-32-13-19)20-14-34-22-15-35-39-28(24(22)25(20)31)29-37-21-9-10-33-26(27(21)38-29)16-5-7-18(30)8-6-16/h5-14,35H,2-4,15H2,1H3,(H,36,40)(H,37,38). The van der Waals surface area contributed by atoms with Crippen LogP contribution in [0.1, 0.15) is 43.3 Å². The highest BCUT2D eigenvalue weighted by Gasteiger charge is 2.27. The number of rotatable bonds is 7. The Morgan fingerprint density at radius 3 is 2.73 bits per heavy atom. The van der Waals surface area contributed by atoms with Crippen molar-refractivity contribution in [2.45, 2.75) is 32.7 Å². The molecule has 5 heterocycles. The Balaban J connectivity index is 1.38. The van der Waals surface area contributed by atoms with Crippen LogP contribution in [0.25, 0.3) is 33.4 Å². The van der Waals surface area contributed by atoms with E-state index in [9.17, 15) is 9.18 Å². The number of pyridine rings is 3. The van der Waals surface area contributed by atoms with Gasteiger partial charge in [-0.15, -0.1) is 0 Å². The van der Waals surface area contributed by atoms with E-state index in [0.717, 1.165) is 12.8 Å². The van der Waals surface area contributed by atoms with Crippen LogP contribution in [0.15, 0.2) is 66.3 Å². The molecule has 0 saturated carbocycles. The third-order valence-electron chi connectivity index (χ3n) is 6.60. The molecule has 200 valence electrons. The van der Waals surface area contributed by atoms with Crippen LogP contribution in [-0.4, -0.2) is 36.5 Å². The zero-order valence-corrected chi connectivity index (χ0v) is 21.5. The number of halogens is 2. The van der Waals surface area contributed by atoms with E-state index in [1.807, 2.05) is 6.92 Å². The average Bonchev–Trinajstić information content (AvgIpc) is 3.41. The first-order valence-electron chi connectivity index (χ1n) is 12.9. The molecule has 0 atom stereocenters. The molecule has 0 bridgehead atoms. The maximum absolute atomic E-state index is 16.2. The van der Waals surface area contributed by atoms with E-state index in [1.54, 1.807) is 30.5 Å². The molecular formula is C29H24F2N8O. The van der Waals surface area contributed by atoms with Gasteiger partial charge in [0.2, 0.25) is 5.91 Å². The number of amides is 1. The molecule has 3 N–H and O–H groups in total. The van der Waals surface area contributed by atoms with E-state index < -0.39 is 5.82 Å². The van der Waals surface area contributed by atoms with Crippen molar-refractivity contribution in [2.75, 3.05) is 5.32 Å². The van der Waals surface area contributed by atoms with Crippen LogP contribution in [-0.2, 0) is 11.3 Å². The predicted octanol–water partition coefficient (Wildman–Crippen LogP) is 5.34. The van der Waals surface area contributed by atoms with Crippen molar-refractivity contribution < 1.29 is 13.6 Å². The fourth-order valence-corrected chi connectivity index (χ4v) is 4.60. The van der Waals surface area contributed by atoms with E-state index in [1.165, 1.54) is 30.7 Å². The van der Waals surface area contributed by atoms with E-state index in [4.69, 9.17) is 4.98 Å². The van der Waals surface area contributed by atoms with Gasteiger partial charge in [0.15, 0.2) is 5.82 Å². The number of carbonyl (C=O) groups excluding carboxylic acids is 1. The molecule has 9 nitrogen and oxygen atoms in total. The van der Waals surface area contributed by atoms with Gasteiger partial charge < -0.3 is 15.7 Å². The number of aromatic amines is 1. The highest BCUT2D eigenvalue weighted by Crippen LogP contribution is 2.31. The van der Waals surface area contributed by atoms with Crippen LogP contribution in [0.5, 0.6) is 0 Å². The fourth-order valence-electron chi connectivity index (χ4n) is 4.60. The molecule has 0 aliphatic carbocycles. The lowest BCUT2D eigenvalue weighted by Gasteiger charge is -2.18. The minimum absolute atomic E-state index is 0.121. The normalized spacial score (nSPS) is 12.5. The molecule has 0 saturated heterocycles. The quantitative estimate of drug-likeness (QED) is 0.257. The first-order valence-corrected chi connectivity index (χ1v) is 12.9.